The normalized spacial score (nSPS) is 11.8. The number of nitrogens with zero attached hydrogens (tertiary/aromatic N) is 3. The Balaban J connectivity index is 2.40. The fraction of sp³-hybridized carbons (Fsp3) is 0.273. The molecule has 0 unspecified atom stereocenters. The lowest BCUT2D eigenvalue weighted by molar-refractivity contribution is 0.0737. The summed E-state index contributed by atoms with van der Waals surface area (Å²) in [5.41, 5.74) is 0.301. The first-order chi connectivity index (χ1) is 7.88. The van der Waals surface area contributed by atoms with E-state index in [1.54, 1.807) is 30.8 Å². The van der Waals surface area contributed by atoms with E-state index in [-0.39, 0.29) is 0 Å². The van der Waals surface area contributed by atoms with Gasteiger partial charge in [-0.05, 0) is 48.0 Å². The van der Waals surface area contributed by atoms with Crippen LogP contribution in [0.3, 0.4) is 0 Å². The summed E-state index contributed by atoms with van der Waals surface area (Å²) in [6.45, 7) is 3.33. The number of hydrogen-bond donors (Lipinski definition) is 1. The highest BCUT2D eigenvalue weighted by molar-refractivity contribution is 9.10. The minimum atomic E-state index is -1.00. The van der Waals surface area contributed by atoms with Gasteiger partial charge in [-0.25, -0.2) is 4.68 Å². The molecule has 4 nitrogen and oxygen atoms in total. The number of rotatable bonds is 2. The first kappa shape index (κ1) is 12.5. The monoisotopic (exact) mass is 315 g/mol. The molecule has 0 aliphatic carbocycles. The molecule has 17 heavy (non-hydrogen) atoms. The van der Waals surface area contributed by atoms with Gasteiger partial charge in [0.2, 0.25) is 0 Å². The zero-order valence-corrected chi connectivity index (χ0v) is 11.7. The van der Waals surface area contributed by atoms with Gasteiger partial charge in [0.05, 0.1) is 16.9 Å². The Kier molecular flexibility index (Phi) is 3.25. The maximum atomic E-state index is 9.80. The van der Waals surface area contributed by atoms with Gasteiger partial charge in [0, 0.05) is 4.47 Å². The SMILES string of the molecule is CC(C)(O)c1cn(-c2ccc(Br)c(Cl)c2)nn1. The van der Waals surface area contributed by atoms with Crippen LogP contribution in [0.1, 0.15) is 19.5 Å². The van der Waals surface area contributed by atoms with Crippen molar-refractivity contribution in [2.45, 2.75) is 19.4 Å². The van der Waals surface area contributed by atoms with Gasteiger partial charge in [0.25, 0.3) is 0 Å². The van der Waals surface area contributed by atoms with Crippen molar-refractivity contribution in [1.82, 2.24) is 15.0 Å². The molecular formula is C11H11BrClN3O. The van der Waals surface area contributed by atoms with Gasteiger partial charge in [0.1, 0.15) is 11.3 Å². The van der Waals surface area contributed by atoms with E-state index in [2.05, 4.69) is 26.2 Å². The predicted molar refractivity (Wildman–Crippen MR) is 69.3 cm³/mol. The molecule has 0 saturated heterocycles. The molecule has 2 rings (SSSR count). The van der Waals surface area contributed by atoms with Crippen LogP contribution in [0.2, 0.25) is 5.02 Å². The minimum Gasteiger partial charge on any atom is -0.384 e. The molecule has 0 aliphatic rings. The molecule has 1 aromatic heterocycles. The van der Waals surface area contributed by atoms with Gasteiger partial charge < -0.3 is 5.11 Å². The van der Waals surface area contributed by atoms with E-state index < -0.39 is 5.60 Å². The average Bonchev–Trinajstić information content (AvgIpc) is 2.70. The third kappa shape index (κ3) is 2.68. The molecule has 0 amide bonds. The van der Waals surface area contributed by atoms with Crippen molar-refractivity contribution in [2.75, 3.05) is 0 Å². The zero-order valence-electron chi connectivity index (χ0n) is 9.35. The van der Waals surface area contributed by atoms with Crippen molar-refractivity contribution in [3.05, 3.63) is 39.6 Å². The summed E-state index contributed by atoms with van der Waals surface area (Å²) in [6, 6.07) is 5.47. The molecule has 1 heterocycles. The van der Waals surface area contributed by atoms with Gasteiger partial charge in [-0.1, -0.05) is 16.8 Å². The molecule has 1 aromatic carbocycles. The Bertz CT molecular complexity index is 548. The molecule has 1 N–H and O–H groups in total. The van der Waals surface area contributed by atoms with Crippen molar-refractivity contribution in [3.63, 3.8) is 0 Å². The Labute approximate surface area is 112 Å². The lowest BCUT2D eigenvalue weighted by Gasteiger charge is -2.11. The average molecular weight is 317 g/mol. The summed E-state index contributed by atoms with van der Waals surface area (Å²) in [4.78, 5) is 0. The fourth-order valence-electron chi connectivity index (χ4n) is 1.30. The molecule has 0 aliphatic heterocycles. The second-order valence-electron chi connectivity index (χ2n) is 4.21. The summed E-state index contributed by atoms with van der Waals surface area (Å²) in [5.74, 6) is 0. The van der Waals surface area contributed by atoms with Crippen LogP contribution in [0.5, 0.6) is 0 Å². The number of halogens is 2. The Hall–Kier alpha value is -0.910. The number of aromatic nitrogens is 3. The third-order valence-electron chi connectivity index (χ3n) is 2.29. The van der Waals surface area contributed by atoms with E-state index in [1.807, 2.05) is 12.1 Å². The molecule has 0 bridgehead atoms. The van der Waals surface area contributed by atoms with Crippen LogP contribution in [0.15, 0.2) is 28.9 Å². The van der Waals surface area contributed by atoms with E-state index >= 15 is 0 Å². The summed E-state index contributed by atoms with van der Waals surface area (Å²) < 4.78 is 2.40. The van der Waals surface area contributed by atoms with Crippen LogP contribution in [0.25, 0.3) is 5.69 Å². The van der Waals surface area contributed by atoms with E-state index in [0.29, 0.717) is 10.7 Å². The highest BCUT2D eigenvalue weighted by atomic mass is 79.9. The second-order valence-corrected chi connectivity index (χ2v) is 5.47. The summed E-state index contributed by atoms with van der Waals surface area (Å²) in [5, 5.41) is 18.3. The molecule has 2 aromatic rings. The minimum absolute atomic E-state index is 0.511. The standard InChI is InChI=1S/C11H11BrClN3O/c1-11(2,17)10-6-16(15-14-10)7-3-4-8(12)9(13)5-7/h3-6,17H,1-2H3. The number of aliphatic hydroxyl groups is 1. The van der Waals surface area contributed by atoms with E-state index in [9.17, 15) is 5.11 Å². The van der Waals surface area contributed by atoms with Crippen LogP contribution in [0, 0.1) is 0 Å². The molecular weight excluding hydrogens is 305 g/mol. The quantitative estimate of drug-likeness (QED) is 0.927. The van der Waals surface area contributed by atoms with Gasteiger partial charge in [-0.3, -0.25) is 0 Å². The van der Waals surface area contributed by atoms with Gasteiger partial charge >= 0.3 is 0 Å². The first-order valence-corrected chi connectivity index (χ1v) is 6.15. The Morgan fingerprint density at radius 3 is 2.65 bits per heavy atom. The van der Waals surface area contributed by atoms with Gasteiger partial charge in [0.15, 0.2) is 0 Å². The van der Waals surface area contributed by atoms with Crippen LogP contribution in [0.4, 0.5) is 0 Å². The smallest absolute Gasteiger partial charge is 0.114 e. The van der Waals surface area contributed by atoms with Crippen molar-refractivity contribution >= 4 is 27.5 Å². The van der Waals surface area contributed by atoms with Crippen LogP contribution >= 0.6 is 27.5 Å². The largest absolute Gasteiger partial charge is 0.384 e. The second kappa shape index (κ2) is 4.40. The van der Waals surface area contributed by atoms with Gasteiger partial charge in [-0.2, -0.15) is 0 Å². The maximum absolute atomic E-state index is 9.80. The van der Waals surface area contributed by atoms with Gasteiger partial charge in [-0.15, -0.1) is 5.10 Å². The molecule has 0 saturated carbocycles. The zero-order chi connectivity index (χ0) is 12.6. The van der Waals surface area contributed by atoms with E-state index in [1.165, 1.54) is 0 Å². The topological polar surface area (TPSA) is 50.9 Å². The first-order valence-electron chi connectivity index (χ1n) is 4.98. The van der Waals surface area contributed by atoms with Crippen molar-refractivity contribution < 1.29 is 5.11 Å². The number of hydrogen-bond acceptors (Lipinski definition) is 3. The van der Waals surface area contributed by atoms with E-state index in [0.717, 1.165) is 10.2 Å². The Morgan fingerprint density at radius 2 is 2.12 bits per heavy atom. The van der Waals surface area contributed by atoms with Crippen LogP contribution < -0.4 is 0 Å². The fourth-order valence-corrected chi connectivity index (χ4v) is 1.72. The van der Waals surface area contributed by atoms with E-state index in [4.69, 9.17) is 11.6 Å². The molecule has 0 atom stereocenters. The Morgan fingerprint density at radius 1 is 1.41 bits per heavy atom. The van der Waals surface area contributed by atoms with Crippen molar-refractivity contribution in [1.29, 1.82) is 0 Å². The lowest BCUT2D eigenvalue weighted by Crippen LogP contribution is -2.15. The highest BCUT2D eigenvalue weighted by Gasteiger charge is 2.20. The molecule has 6 heteroatoms. The third-order valence-corrected chi connectivity index (χ3v) is 3.52. The lowest BCUT2D eigenvalue weighted by atomic mass is 10.1. The molecule has 0 radical (unpaired) electrons. The molecule has 0 spiro atoms. The molecule has 90 valence electrons. The summed E-state index contributed by atoms with van der Waals surface area (Å²) in [6.07, 6.45) is 1.68. The predicted octanol–water partition coefficient (Wildman–Crippen LogP) is 2.91. The van der Waals surface area contributed by atoms with Crippen molar-refractivity contribution in [3.8, 4) is 5.69 Å². The summed E-state index contributed by atoms with van der Waals surface area (Å²) in [7, 11) is 0. The highest BCUT2D eigenvalue weighted by Crippen LogP contribution is 2.25. The maximum Gasteiger partial charge on any atom is 0.114 e. The number of benzene rings is 1. The van der Waals surface area contributed by atoms with Crippen LogP contribution in [-0.4, -0.2) is 20.1 Å². The summed E-state index contributed by atoms with van der Waals surface area (Å²) >= 11 is 9.32. The van der Waals surface area contributed by atoms with Crippen LogP contribution in [-0.2, 0) is 5.60 Å². The van der Waals surface area contributed by atoms with Crippen molar-refractivity contribution in [2.24, 2.45) is 0 Å². The molecule has 0 fully saturated rings.